The number of nitrogens with zero attached hydrogens (tertiary/aromatic N) is 1. The van der Waals surface area contributed by atoms with E-state index in [1.807, 2.05) is 65.6 Å². The Kier molecular flexibility index (Phi) is 4.77. The number of carbonyl (C=O) groups excluding carboxylic acids is 1. The highest BCUT2D eigenvalue weighted by molar-refractivity contribution is 6.31. The van der Waals surface area contributed by atoms with Gasteiger partial charge < -0.3 is 4.90 Å². The van der Waals surface area contributed by atoms with Crippen LogP contribution in [-0.4, -0.2) is 17.4 Å². The second-order valence-corrected chi connectivity index (χ2v) is 7.03. The molecule has 1 aliphatic rings. The van der Waals surface area contributed by atoms with Gasteiger partial charge in [0, 0.05) is 11.6 Å². The van der Waals surface area contributed by atoms with Crippen molar-refractivity contribution in [2.45, 2.75) is 18.9 Å². The minimum atomic E-state index is -0.134. The monoisotopic (exact) mass is 361 g/mol. The lowest BCUT2D eigenvalue weighted by Gasteiger charge is -2.38. The summed E-state index contributed by atoms with van der Waals surface area (Å²) in [5.74, 6) is 0.135. The molecule has 0 fully saturated rings. The lowest BCUT2D eigenvalue weighted by atomic mass is 9.87. The second kappa shape index (κ2) is 7.35. The standard InChI is InChI=1S/C23H20ClNO/c24-21-13-7-6-12-20(21)23-19-11-5-4-10-18(19)14-15-25(23)22(26)16-17-8-2-1-3-9-17/h1-13,23H,14-16H2. The van der Waals surface area contributed by atoms with Crippen LogP contribution in [-0.2, 0) is 17.6 Å². The fraction of sp³-hybridized carbons (Fsp3) is 0.174. The van der Waals surface area contributed by atoms with Crippen LogP contribution in [0.1, 0.15) is 28.3 Å². The summed E-state index contributed by atoms with van der Waals surface area (Å²) in [6.45, 7) is 0.707. The number of benzene rings is 3. The number of rotatable bonds is 3. The summed E-state index contributed by atoms with van der Waals surface area (Å²) in [7, 11) is 0. The van der Waals surface area contributed by atoms with E-state index in [0.29, 0.717) is 18.0 Å². The molecule has 0 bridgehead atoms. The van der Waals surface area contributed by atoms with Gasteiger partial charge in [-0.3, -0.25) is 4.79 Å². The van der Waals surface area contributed by atoms with E-state index in [9.17, 15) is 4.79 Å². The molecule has 0 radical (unpaired) electrons. The molecule has 26 heavy (non-hydrogen) atoms. The number of carbonyl (C=O) groups is 1. The first-order valence-electron chi connectivity index (χ1n) is 8.89. The van der Waals surface area contributed by atoms with Crippen LogP contribution in [0.25, 0.3) is 0 Å². The predicted molar refractivity (Wildman–Crippen MR) is 105 cm³/mol. The van der Waals surface area contributed by atoms with Gasteiger partial charge in [-0.25, -0.2) is 0 Å². The van der Waals surface area contributed by atoms with Crippen LogP contribution in [0, 0.1) is 0 Å². The first-order chi connectivity index (χ1) is 12.7. The van der Waals surface area contributed by atoms with Gasteiger partial charge in [-0.15, -0.1) is 0 Å². The molecule has 3 aromatic carbocycles. The predicted octanol–water partition coefficient (Wildman–Crippen LogP) is 5.06. The third-order valence-corrected chi connectivity index (χ3v) is 5.35. The molecule has 1 unspecified atom stereocenters. The average Bonchev–Trinajstić information content (AvgIpc) is 2.68. The molecule has 1 aliphatic heterocycles. The van der Waals surface area contributed by atoms with Gasteiger partial charge in [0.25, 0.3) is 0 Å². The van der Waals surface area contributed by atoms with Crippen LogP contribution in [0.15, 0.2) is 78.9 Å². The van der Waals surface area contributed by atoms with E-state index in [1.54, 1.807) is 0 Å². The quantitative estimate of drug-likeness (QED) is 0.638. The summed E-state index contributed by atoms with van der Waals surface area (Å²) in [5, 5.41) is 0.701. The Morgan fingerprint density at radius 2 is 1.54 bits per heavy atom. The number of amides is 1. The lowest BCUT2D eigenvalue weighted by molar-refractivity contribution is -0.132. The van der Waals surface area contributed by atoms with E-state index in [4.69, 9.17) is 11.6 Å². The Balaban J connectivity index is 1.74. The zero-order chi connectivity index (χ0) is 17.9. The van der Waals surface area contributed by atoms with Gasteiger partial charge in [-0.05, 0) is 34.7 Å². The number of halogens is 1. The van der Waals surface area contributed by atoms with Crippen LogP contribution in [0.5, 0.6) is 0 Å². The minimum absolute atomic E-state index is 0.134. The first kappa shape index (κ1) is 16.9. The minimum Gasteiger partial charge on any atom is -0.331 e. The molecule has 0 N–H and O–H groups in total. The molecule has 2 nitrogen and oxygen atoms in total. The van der Waals surface area contributed by atoms with Gasteiger partial charge in [-0.1, -0.05) is 84.4 Å². The van der Waals surface area contributed by atoms with Crippen molar-refractivity contribution in [3.63, 3.8) is 0 Å². The molecule has 130 valence electrons. The van der Waals surface area contributed by atoms with E-state index < -0.39 is 0 Å². The van der Waals surface area contributed by atoms with Gasteiger partial charge in [0.05, 0.1) is 12.5 Å². The van der Waals surface area contributed by atoms with Crippen molar-refractivity contribution in [3.8, 4) is 0 Å². The summed E-state index contributed by atoms with van der Waals surface area (Å²) in [5.41, 5.74) is 4.49. The van der Waals surface area contributed by atoms with Crippen LogP contribution >= 0.6 is 11.6 Å². The van der Waals surface area contributed by atoms with E-state index in [0.717, 1.165) is 17.5 Å². The third-order valence-electron chi connectivity index (χ3n) is 5.00. The molecule has 0 aliphatic carbocycles. The fourth-order valence-electron chi connectivity index (χ4n) is 3.74. The molecule has 0 saturated carbocycles. The first-order valence-corrected chi connectivity index (χ1v) is 9.27. The Morgan fingerprint density at radius 3 is 2.31 bits per heavy atom. The fourth-order valence-corrected chi connectivity index (χ4v) is 3.98. The summed E-state index contributed by atoms with van der Waals surface area (Å²) in [6.07, 6.45) is 1.28. The molecule has 0 spiro atoms. The topological polar surface area (TPSA) is 20.3 Å². The van der Waals surface area contributed by atoms with E-state index >= 15 is 0 Å². The Labute approximate surface area is 159 Å². The number of fused-ring (bicyclic) bond motifs is 1. The van der Waals surface area contributed by atoms with Gasteiger partial charge >= 0.3 is 0 Å². The summed E-state index contributed by atoms with van der Waals surface area (Å²) < 4.78 is 0. The van der Waals surface area contributed by atoms with Gasteiger partial charge in [0.2, 0.25) is 5.91 Å². The van der Waals surface area contributed by atoms with Crippen LogP contribution in [0.4, 0.5) is 0 Å². The van der Waals surface area contributed by atoms with Crippen LogP contribution in [0.3, 0.4) is 0 Å². The smallest absolute Gasteiger partial charge is 0.227 e. The molecular weight excluding hydrogens is 342 g/mol. The maximum absolute atomic E-state index is 13.2. The van der Waals surface area contributed by atoms with Gasteiger partial charge in [0.1, 0.15) is 0 Å². The van der Waals surface area contributed by atoms with Crippen LogP contribution < -0.4 is 0 Å². The highest BCUT2D eigenvalue weighted by atomic mass is 35.5. The van der Waals surface area contributed by atoms with E-state index in [1.165, 1.54) is 11.1 Å². The molecule has 3 aromatic rings. The largest absolute Gasteiger partial charge is 0.331 e. The molecule has 1 heterocycles. The Morgan fingerprint density at radius 1 is 0.885 bits per heavy atom. The van der Waals surface area contributed by atoms with Crippen molar-refractivity contribution in [3.05, 3.63) is 106 Å². The Hall–Kier alpha value is -2.58. The SMILES string of the molecule is O=C(Cc1ccccc1)N1CCc2ccccc2C1c1ccccc1Cl. The summed E-state index contributed by atoms with van der Waals surface area (Å²) >= 11 is 6.52. The van der Waals surface area contributed by atoms with Crippen molar-refractivity contribution < 1.29 is 4.79 Å². The highest BCUT2D eigenvalue weighted by Crippen LogP contribution is 2.38. The van der Waals surface area contributed by atoms with Crippen LogP contribution in [0.2, 0.25) is 5.02 Å². The molecule has 1 amide bonds. The number of hydrogen-bond acceptors (Lipinski definition) is 1. The zero-order valence-electron chi connectivity index (χ0n) is 14.4. The summed E-state index contributed by atoms with van der Waals surface area (Å²) in [6, 6.07) is 26.0. The van der Waals surface area contributed by atoms with E-state index in [2.05, 4.69) is 18.2 Å². The molecule has 4 rings (SSSR count). The van der Waals surface area contributed by atoms with Crippen molar-refractivity contribution >= 4 is 17.5 Å². The maximum Gasteiger partial charge on any atom is 0.227 e. The van der Waals surface area contributed by atoms with E-state index in [-0.39, 0.29) is 11.9 Å². The van der Waals surface area contributed by atoms with Gasteiger partial charge in [0.15, 0.2) is 0 Å². The molecular formula is C23H20ClNO. The highest BCUT2D eigenvalue weighted by Gasteiger charge is 2.32. The van der Waals surface area contributed by atoms with Crippen molar-refractivity contribution in [1.29, 1.82) is 0 Å². The van der Waals surface area contributed by atoms with Crippen molar-refractivity contribution in [2.24, 2.45) is 0 Å². The lowest BCUT2D eigenvalue weighted by Crippen LogP contribution is -2.41. The second-order valence-electron chi connectivity index (χ2n) is 6.62. The Bertz CT molecular complexity index is 922. The zero-order valence-corrected chi connectivity index (χ0v) is 15.2. The molecule has 0 aromatic heterocycles. The molecule has 1 atom stereocenters. The normalized spacial score (nSPS) is 16.2. The van der Waals surface area contributed by atoms with Gasteiger partial charge in [-0.2, -0.15) is 0 Å². The molecule has 0 saturated heterocycles. The number of hydrogen-bond donors (Lipinski definition) is 0. The maximum atomic E-state index is 13.2. The van der Waals surface area contributed by atoms with Crippen molar-refractivity contribution in [2.75, 3.05) is 6.54 Å². The van der Waals surface area contributed by atoms with Crippen molar-refractivity contribution in [1.82, 2.24) is 4.90 Å². The average molecular weight is 362 g/mol. The summed E-state index contributed by atoms with van der Waals surface area (Å²) in [4.78, 5) is 15.1. The molecule has 3 heteroatoms. The third kappa shape index (κ3) is 3.25.